The van der Waals surface area contributed by atoms with Crippen LogP contribution in [0.1, 0.15) is 25.7 Å². The van der Waals surface area contributed by atoms with E-state index in [1.165, 1.54) is 4.90 Å². The molecule has 0 spiro atoms. The Morgan fingerprint density at radius 2 is 1.75 bits per heavy atom. The number of anilines is 2. The number of rotatable bonds is 4. The highest BCUT2D eigenvalue weighted by Crippen LogP contribution is 2.43. The summed E-state index contributed by atoms with van der Waals surface area (Å²) < 4.78 is 6.19. The molecular weight excluding hydrogens is 430 g/mol. The molecule has 2 aromatic carbocycles. The fraction of sp³-hybridized carbons (Fsp3) is 0.375. The van der Waals surface area contributed by atoms with E-state index in [1.54, 1.807) is 48.5 Å². The highest BCUT2D eigenvalue weighted by molar-refractivity contribution is 6.30. The van der Waals surface area contributed by atoms with Crippen LogP contribution in [0.15, 0.2) is 54.6 Å². The van der Waals surface area contributed by atoms with Gasteiger partial charge in [-0.1, -0.05) is 42.6 Å². The van der Waals surface area contributed by atoms with Crippen molar-refractivity contribution in [3.05, 3.63) is 59.6 Å². The molecule has 3 aliphatic rings. The van der Waals surface area contributed by atoms with Crippen LogP contribution in [0.3, 0.4) is 0 Å². The number of para-hydroxylation sites is 1. The second-order valence-electron chi connectivity index (χ2n) is 8.51. The maximum Gasteiger partial charge on any atom is 0.332 e. The van der Waals surface area contributed by atoms with E-state index in [9.17, 15) is 14.4 Å². The molecule has 5 rings (SSSR count). The van der Waals surface area contributed by atoms with Gasteiger partial charge in [0.05, 0.1) is 17.8 Å². The van der Waals surface area contributed by atoms with Gasteiger partial charge in [0, 0.05) is 16.6 Å². The first kappa shape index (κ1) is 21.0. The van der Waals surface area contributed by atoms with E-state index in [2.05, 4.69) is 5.32 Å². The molecule has 8 heteroatoms. The van der Waals surface area contributed by atoms with Crippen LogP contribution in [-0.2, 0) is 14.3 Å². The van der Waals surface area contributed by atoms with Gasteiger partial charge in [0.2, 0.25) is 5.91 Å². The summed E-state index contributed by atoms with van der Waals surface area (Å²) in [7, 11) is 0. The maximum absolute atomic E-state index is 13.6. The molecule has 0 radical (unpaired) electrons. The normalized spacial score (nSPS) is 27.2. The zero-order valence-electron chi connectivity index (χ0n) is 17.4. The molecule has 32 heavy (non-hydrogen) atoms. The molecule has 2 heterocycles. The fourth-order valence-electron chi connectivity index (χ4n) is 5.13. The Hall–Kier alpha value is -2.90. The number of hydrogen-bond donors (Lipinski definition) is 1. The zero-order valence-corrected chi connectivity index (χ0v) is 18.2. The summed E-state index contributed by atoms with van der Waals surface area (Å²) in [6, 6.07) is 14.7. The van der Waals surface area contributed by atoms with Crippen molar-refractivity contribution in [2.45, 2.75) is 43.9 Å². The maximum atomic E-state index is 13.6. The summed E-state index contributed by atoms with van der Waals surface area (Å²) >= 11 is 5.92. The third-order valence-electron chi connectivity index (χ3n) is 6.54. The van der Waals surface area contributed by atoms with E-state index in [-0.39, 0.29) is 30.4 Å². The number of carbonyl (C=O) groups is 3. The van der Waals surface area contributed by atoms with Gasteiger partial charge in [-0.25, -0.2) is 9.69 Å². The lowest BCUT2D eigenvalue weighted by Crippen LogP contribution is -2.65. The van der Waals surface area contributed by atoms with E-state index in [0.717, 1.165) is 30.6 Å². The molecular formula is C24H24ClN3O4. The van der Waals surface area contributed by atoms with Gasteiger partial charge in [-0.2, -0.15) is 0 Å². The number of hydrogen-bond acceptors (Lipinski definition) is 4. The van der Waals surface area contributed by atoms with Gasteiger partial charge in [0.1, 0.15) is 6.54 Å². The van der Waals surface area contributed by atoms with E-state index in [1.807, 2.05) is 6.07 Å². The highest BCUT2D eigenvalue weighted by atomic mass is 35.5. The molecule has 0 bridgehead atoms. The van der Waals surface area contributed by atoms with Crippen molar-refractivity contribution in [3.8, 4) is 0 Å². The molecule has 0 aromatic heterocycles. The van der Waals surface area contributed by atoms with E-state index >= 15 is 0 Å². The predicted molar refractivity (Wildman–Crippen MR) is 121 cm³/mol. The molecule has 2 aromatic rings. The van der Waals surface area contributed by atoms with Gasteiger partial charge in [-0.3, -0.25) is 9.59 Å². The standard InChI is InChI=1S/C24H24ClN3O4/c25-15-10-12-16(13-11-15)26-20(29)14-27-21-18-8-4-5-9-19(18)32-22(21)23(30)28(24(27)31)17-6-2-1-3-7-17/h1-3,6-7,10-13,18-19,21-22H,4-5,8-9,14H2,(H,26,29). The number of ether oxygens (including phenoxy) is 1. The Labute approximate surface area is 191 Å². The van der Waals surface area contributed by atoms with E-state index in [4.69, 9.17) is 16.3 Å². The van der Waals surface area contributed by atoms with Gasteiger partial charge in [0.15, 0.2) is 6.10 Å². The predicted octanol–water partition coefficient (Wildman–Crippen LogP) is 4.07. The van der Waals surface area contributed by atoms with Crippen molar-refractivity contribution in [1.82, 2.24) is 4.90 Å². The molecule has 2 saturated heterocycles. The topological polar surface area (TPSA) is 79.0 Å². The Morgan fingerprint density at radius 3 is 2.50 bits per heavy atom. The van der Waals surface area contributed by atoms with Crippen LogP contribution in [0, 0.1) is 5.92 Å². The van der Waals surface area contributed by atoms with Gasteiger partial charge >= 0.3 is 6.03 Å². The number of carbonyl (C=O) groups excluding carboxylic acids is 3. The quantitative estimate of drug-likeness (QED) is 0.756. The van der Waals surface area contributed by atoms with Crippen LogP contribution in [0.5, 0.6) is 0 Å². The molecule has 1 aliphatic carbocycles. The number of nitrogens with zero attached hydrogens (tertiary/aromatic N) is 2. The minimum absolute atomic E-state index is 0.0582. The number of urea groups is 1. The van der Waals surface area contributed by atoms with Gasteiger partial charge in [0.25, 0.3) is 5.91 Å². The summed E-state index contributed by atoms with van der Waals surface area (Å²) in [6.07, 6.45) is 3.01. The van der Waals surface area contributed by atoms with Crippen molar-refractivity contribution in [1.29, 1.82) is 0 Å². The summed E-state index contributed by atoms with van der Waals surface area (Å²) in [4.78, 5) is 42.5. The van der Waals surface area contributed by atoms with Crippen LogP contribution < -0.4 is 10.2 Å². The minimum atomic E-state index is -0.760. The molecule has 166 valence electrons. The van der Waals surface area contributed by atoms with Gasteiger partial charge in [-0.05, 0) is 49.2 Å². The van der Waals surface area contributed by atoms with Crippen LogP contribution >= 0.6 is 11.6 Å². The van der Waals surface area contributed by atoms with Crippen molar-refractivity contribution in [2.24, 2.45) is 5.92 Å². The van der Waals surface area contributed by atoms with Crippen molar-refractivity contribution < 1.29 is 19.1 Å². The zero-order chi connectivity index (χ0) is 22.2. The molecule has 3 fully saturated rings. The number of imide groups is 1. The number of halogens is 1. The second-order valence-corrected chi connectivity index (χ2v) is 8.95. The molecule has 2 aliphatic heterocycles. The van der Waals surface area contributed by atoms with Crippen molar-refractivity contribution >= 4 is 40.8 Å². The lowest BCUT2D eigenvalue weighted by Gasteiger charge is -2.42. The molecule has 4 amide bonds. The first-order chi connectivity index (χ1) is 15.5. The Balaban J connectivity index is 1.44. The summed E-state index contributed by atoms with van der Waals surface area (Å²) in [5, 5.41) is 3.39. The first-order valence-corrected chi connectivity index (χ1v) is 11.3. The molecule has 7 nitrogen and oxygen atoms in total. The Kier molecular flexibility index (Phi) is 5.61. The van der Waals surface area contributed by atoms with Crippen LogP contribution in [0.4, 0.5) is 16.2 Å². The lowest BCUT2D eigenvalue weighted by molar-refractivity contribution is -0.133. The van der Waals surface area contributed by atoms with E-state index in [0.29, 0.717) is 16.4 Å². The van der Waals surface area contributed by atoms with Crippen LogP contribution in [0.25, 0.3) is 0 Å². The third-order valence-corrected chi connectivity index (χ3v) is 6.79. The Bertz CT molecular complexity index is 1030. The second kappa shape index (κ2) is 8.56. The van der Waals surface area contributed by atoms with Crippen LogP contribution in [0.2, 0.25) is 5.02 Å². The minimum Gasteiger partial charge on any atom is -0.363 e. The van der Waals surface area contributed by atoms with Crippen molar-refractivity contribution in [3.63, 3.8) is 0 Å². The SMILES string of the molecule is O=C(CN1C(=O)N(c2ccccc2)C(=O)C2OC3CCCCC3C21)Nc1ccc(Cl)cc1. The molecule has 4 unspecified atom stereocenters. The van der Waals surface area contributed by atoms with Gasteiger partial charge in [-0.15, -0.1) is 0 Å². The smallest absolute Gasteiger partial charge is 0.332 e. The molecule has 1 saturated carbocycles. The highest BCUT2D eigenvalue weighted by Gasteiger charge is 2.57. The first-order valence-electron chi connectivity index (χ1n) is 10.9. The average Bonchev–Trinajstić information content (AvgIpc) is 3.19. The largest absolute Gasteiger partial charge is 0.363 e. The average molecular weight is 454 g/mol. The molecule has 1 N–H and O–H groups in total. The Morgan fingerprint density at radius 1 is 1.03 bits per heavy atom. The number of fused-ring (bicyclic) bond motifs is 3. The van der Waals surface area contributed by atoms with E-state index < -0.39 is 18.2 Å². The molecule has 4 atom stereocenters. The summed E-state index contributed by atoms with van der Waals surface area (Å²) in [6.45, 7) is -0.161. The number of benzene rings is 2. The summed E-state index contributed by atoms with van der Waals surface area (Å²) in [5.41, 5.74) is 1.07. The third kappa shape index (κ3) is 3.76. The lowest BCUT2D eigenvalue weighted by atomic mass is 9.81. The summed E-state index contributed by atoms with van der Waals surface area (Å²) in [5.74, 6) is -0.626. The number of amides is 4. The fourth-order valence-corrected chi connectivity index (χ4v) is 5.26. The monoisotopic (exact) mass is 453 g/mol. The van der Waals surface area contributed by atoms with Gasteiger partial charge < -0.3 is 15.0 Å². The van der Waals surface area contributed by atoms with Crippen molar-refractivity contribution in [2.75, 3.05) is 16.8 Å². The van der Waals surface area contributed by atoms with Crippen LogP contribution in [-0.4, -0.2) is 47.5 Å². The number of nitrogens with one attached hydrogen (secondary N) is 1.